The predicted molar refractivity (Wildman–Crippen MR) is 66.1 cm³/mol. The molecule has 0 aliphatic carbocycles. The second-order valence-corrected chi connectivity index (χ2v) is 4.94. The predicted octanol–water partition coefficient (Wildman–Crippen LogP) is 2.99. The maximum Gasteiger partial charge on any atom is 0.168 e. The zero-order valence-corrected chi connectivity index (χ0v) is 10.7. The Bertz CT molecular complexity index is 464. The maximum atomic E-state index is 12.1. The third-order valence-corrected chi connectivity index (χ3v) is 2.50. The fraction of sp³-hybridized carbons (Fsp3) is 0.429. The Balaban J connectivity index is 3.15. The fourth-order valence-corrected chi connectivity index (χ4v) is 1.55. The van der Waals surface area contributed by atoms with E-state index in [1.54, 1.807) is 25.3 Å². The van der Waals surface area contributed by atoms with Gasteiger partial charge in [0.15, 0.2) is 5.78 Å². The lowest BCUT2D eigenvalue weighted by Crippen LogP contribution is -2.20. The quantitative estimate of drug-likeness (QED) is 0.751. The number of nitrogens with zero attached hydrogens (tertiary/aromatic N) is 1. The summed E-state index contributed by atoms with van der Waals surface area (Å²) < 4.78 is 5.20. The molecule has 17 heavy (non-hydrogen) atoms. The fourth-order valence-electron chi connectivity index (χ4n) is 1.55. The van der Waals surface area contributed by atoms with Crippen molar-refractivity contribution in [3.05, 3.63) is 29.3 Å². The summed E-state index contributed by atoms with van der Waals surface area (Å²) in [5.41, 5.74) is 1.01. The highest BCUT2D eigenvalue weighted by Crippen LogP contribution is 2.26. The third-order valence-electron chi connectivity index (χ3n) is 2.50. The van der Waals surface area contributed by atoms with Crippen molar-refractivity contribution in [2.75, 3.05) is 7.11 Å². The van der Waals surface area contributed by atoms with Crippen molar-refractivity contribution in [3.63, 3.8) is 0 Å². The van der Waals surface area contributed by atoms with E-state index in [0.29, 0.717) is 11.3 Å². The average molecular weight is 231 g/mol. The van der Waals surface area contributed by atoms with Crippen molar-refractivity contribution in [2.24, 2.45) is 5.41 Å². The van der Waals surface area contributed by atoms with Gasteiger partial charge < -0.3 is 4.74 Å². The first-order valence-corrected chi connectivity index (χ1v) is 5.49. The molecule has 0 amide bonds. The van der Waals surface area contributed by atoms with Crippen LogP contribution < -0.4 is 4.74 Å². The molecule has 0 saturated carbocycles. The molecule has 0 N–H and O–H groups in total. The van der Waals surface area contributed by atoms with Gasteiger partial charge in [-0.2, -0.15) is 5.26 Å². The number of ether oxygens (including phenoxy) is 1. The first-order valence-electron chi connectivity index (χ1n) is 5.49. The largest absolute Gasteiger partial charge is 0.496 e. The van der Waals surface area contributed by atoms with Crippen LogP contribution in [0.15, 0.2) is 18.2 Å². The number of methoxy groups -OCH3 is 1. The van der Waals surface area contributed by atoms with E-state index in [0.717, 1.165) is 5.56 Å². The van der Waals surface area contributed by atoms with Gasteiger partial charge in [-0.15, -0.1) is 0 Å². The summed E-state index contributed by atoms with van der Waals surface area (Å²) in [6, 6.07) is 7.31. The number of hydrogen-bond donors (Lipinski definition) is 0. The number of Topliss-reactive ketones (excluding diaryl/α,β-unsaturated/α-hetero) is 1. The molecule has 0 aliphatic heterocycles. The number of benzene rings is 1. The molecule has 0 spiro atoms. The molecule has 3 nitrogen and oxygen atoms in total. The lowest BCUT2D eigenvalue weighted by molar-refractivity contribution is 0.0858. The van der Waals surface area contributed by atoms with Gasteiger partial charge in [-0.3, -0.25) is 4.79 Å². The molecule has 1 rings (SSSR count). The van der Waals surface area contributed by atoms with Gasteiger partial charge in [0.2, 0.25) is 0 Å². The lowest BCUT2D eigenvalue weighted by atomic mass is 9.86. The summed E-state index contributed by atoms with van der Waals surface area (Å²) in [6.07, 6.45) is 0.285. The van der Waals surface area contributed by atoms with Crippen molar-refractivity contribution < 1.29 is 9.53 Å². The summed E-state index contributed by atoms with van der Waals surface area (Å²) in [5.74, 6) is 0.668. The minimum Gasteiger partial charge on any atom is -0.496 e. The molecule has 0 aromatic heterocycles. The van der Waals surface area contributed by atoms with E-state index in [1.165, 1.54) is 0 Å². The minimum absolute atomic E-state index is 0.0688. The van der Waals surface area contributed by atoms with Gasteiger partial charge >= 0.3 is 0 Å². The van der Waals surface area contributed by atoms with Gasteiger partial charge in [0.05, 0.1) is 19.6 Å². The van der Waals surface area contributed by atoms with E-state index in [2.05, 4.69) is 6.07 Å². The maximum absolute atomic E-state index is 12.1. The molecule has 0 atom stereocenters. The van der Waals surface area contributed by atoms with Gasteiger partial charge in [0.1, 0.15) is 5.75 Å². The van der Waals surface area contributed by atoms with Crippen molar-refractivity contribution in [2.45, 2.75) is 27.2 Å². The molecule has 0 fully saturated rings. The first-order chi connectivity index (χ1) is 7.90. The number of carbonyl (C=O) groups is 1. The van der Waals surface area contributed by atoms with E-state index in [9.17, 15) is 4.79 Å². The normalized spacial score (nSPS) is 10.8. The van der Waals surface area contributed by atoms with E-state index in [1.807, 2.05) is 20.8 Å². The average Bonchev–Trinajstić information content (AvgIpc) is 2.28. The van der Waals surface area contributed by atoms with E-state index in [-0.39, 0.29) is 12.2 Å². The molecule has 0 radical (unpaired) electrons. The standard InChI is InChI=1S/C14H17NO2/c1-14(2,3)13(16)11-6-5-10(7-8-15)12(9-11)17-4/h5-6,9H,7H2,1-4H3. The smallest absolute Gasteiger partial charge is 0.168 e. The number of ketones is 1. The van der Waals surface area contributed by atoms with Crippen molar-refractivity contribution >= 4 is 5.78 Å². The molecule has 0 saturated heterocycles. The topological polar surface area (TPSA) is 50.1 Å². The molecule has 3 heteroatoms. The Kier molecular flexibility index (Phi) is 3.90. The molecule has 0 unspecified atom stereocenters. The van der Waals surface area contributed by atoms with Crippen molar-refractivity contribution in [3.8, 4) is 11.8 Å². The van der Waals surface area contributed by atoms with Crippen LogP contribution in [0.3, 0.4) is 0 Å². The Morgan fingerprint density at radius 1 is 1.41 bits per heavy atom. The number of hydrogen-bond acceptors (Lipinski definition) is 3. The van der Waals surface area contributed by atoms with Crippen LogP contribution in [0, 0.1) is 16.7 Å². The number of nitriles is 1. The van der Waals surface area contributed by atoms with Crippen LogP contribution >= 0.6 is 0 Å². The number of rotatable bonds is 3. The number of carbonyl (C=O) groups excluding carboxylic acids is 1. The van der Waals surface area contributed by atoms with Crippen LogP contribution in [0.4, 0.5) is 0 Å². The monoisotopic (exact) mass is 231 g/mol. The Morgan fingerprint density at radius 2 is 2.06 bits per heavy atom. The zero-order valence-electron chi connectivity index (χ0n) is 10.7. The molecule has 1 aromatic rings. The molecular formula is C14H17NO2. The summed E-state index contributed by atoms with van der Waals surface area (Å²) in [6.45, 7) is 5.64. The molecule has 0 bridgehead atoms. The SMILES string of the molecule is COc1cc(C(=O)C(C)(C)C)ccc1CC#N. The van der Waals surface area contributed by atoms with E-state index < -0.39 is 5.41 Å². The van der Waals surface area contributed by atoms with Crippen LogP contribution in [0.2, 0.25) is 0 Å². The molecule has 0 aliphatic rings. The van der Waals surface area contributed by atoms with Crippen LogP contribution in [0.5, 0.6) is 5.75 Å². The lowest BCUT2D eigenvalue weighted by Gasteiger charge is -2.17. The molecular weight excluding hydrogens is 214 g/mol. The van der Waals surface area contributed by atoms with E-state index in [4.69, 9.17) is 10.00 Å². The van der Waals surface area contributed by atoms with Crippen LogP contribution in [-0.2, 0) is 6.42 Å². The van der Waals surface area contributed by atoms with Crippen LogP contribution in [0.25, 0.3) is 0 Å². The minimum atomic E-state index is -0.415. The third kappa shape index (κ3) is 3.07. The summed E-state index contributed by atoms with van der Waals surface area (Å²) >= 11 is 0. The van der Waals surface area contributed by atoms with E-state index >= 15 is 0 Å². The Labute approximate surface area is 102 Å². The second-order valence-electron chi connectivity index (χ2n) is 4.94. The highest BCUT2D eigenvalue weighted by molar-refractivity contribution is 6.00. The highest BCUT2D eigenvalue weighted by Gasteiger charge is 2.23. The second kappa shape index (κ2) is 5.01. The van der Waals surface area contributed by atoms with Crippen molar-refractivity contribution in [1.29, 1.82) is 5.26 Å². The van der Waals surface area contributed by atoms with Gasteiger partial charge in [-0.1, -0.05) is 32.9 Å². The zero-order chi connectivity index (χ0) is 13.1. The van der Waals surface area contributed by atoms with Gasteiger partial charge in [0, 0.05) is 16.5 Å². The van der Waals surface area contributed by atoms with Crippen molar-refractivity contribution in [1.82, 2.24) is 0 Å². The van der Waals surface area contributed by atoms with Gasteiger partial charge in [-0.25, -0.2) is 0 Å². The van der Waals surface area contributed by atoms with Crippen LogP contribution in [-0.4, -0.2) is 12.9 Å². The summed E-state index contributed by atoms with van der Waals surface area (Å²) in [4.78, 5) is 12.1. The summed E-state index contributed by atoms with van der Waals surface area (Å²) in [7, 11) is 1.54. The van der Waals surface area contributed by atoms with Crippen LogP contribution in [0.1, 0.15) is 36.7 Å². The molecule has 0 heterocycles. The first kappa shape index (κ1) is 13.2. The highest BCUT2D eigenvalue weighted by atomic mass is 16.5. The van der Waals surface area contributed by atoms with Gasteiger partial charge in [0.25, 0.3) is 0 Å². The Morgan fingerprint density at radius 3 is 2.53 bits per heavy atom. The summed E-state index contributed by atoms with van der Waals surface area (Å²) in [5, 5.41) is 8.67. The van der Waals surface area contributed by atoms with Gasteiger partial charge in [-0.05, 0) is 6.07 Å². The Hall–Kier alpha value is -1.82. The molecule has 1 aromatic carbocycles. The molecule has 90 valence electrons.